The average molecular weight is 866 g/mol. The van der Waals surface area contributed by atoms with Crippen molar-refractivity contribution in [3.63, 3.8) is 0 Å². The lowest BCUT2D eigenvalue weighted by Crippen LogP contribution is -2.43. The summed E-state index contributed by atoms with van der Waals surface area (Å²) in [7, 11) is 2.43. The molecule has 5 N–H and O–H groups in total. The van der Waals surface area contributed by atoms with E-state index < -0.39 is 53.2 Å². The molecule has 6 aromatic rings. The Kier molecular flexibility index (Phi) is 14.1. The van der Waals surface area contributed by atoms with Crippen molar-refractivity contribution in [2.45, 2.75) is 24.8 Å². The number of esters is 2. The quantitative estimate of drug-likeness (QED) is 0.0748. The molecule has 0 bridgehead atoms. The van der Waals surface area contributed by atoms with Gasteiger partial charge in [0.05, 0.1) is 41.5 Å². The molecule has 0 radical (unpaired) electrons. The van der Waals surface area contributed by atoms with Gasteiger partial charge in [-0.1, -0.05) is 78.3 Å². The van der Waals surface area contributed by atoms with Gasteiger partial charge >= 0.3 is 24.3 Å². The highest BCUT2D eigenvalue weighted by Crippen LogP contribution is 2.33. The van der Waals surface area contributed by atoms with Crippen LogP contribution in [0.4, 0.5) is 42.1 Å². The molecule has 0 aliphatic carbocycles. The molecule has 0 fully saturated rings. The predicted octanol–water partition coefficient (Wildman–Crippen LogP) is 10.7. The molecule has 0 heterocycles. The van der Waals surface area contributed by atoms with Crippen molar-refractivity contribution < 1.29 is 54.6 Å². The average Bonchev–Trinajstić information content (AvgIpc) is 3.24. The second kappa shape index (κ2) is 19.0. The molecule has 8 nitrogen and oxygen atoms in total. The lowest BCUT2D eigenvalue weighted by molar-refractivity contribution is -0.143. The summed E-state index contributed by atoms with van der Waals surface area (Å²) >= 11 is 5.88. The predicted molar refractivity (Wildman–Crippen MR) is 218 cm³/mol. The fourth-order valence-corrected chi connectivity index (χ4v) is 6.16. The molecule has 1 atom stereocenters. The number of ether oxygens (including phenoxy) is 2. The third kappa shape index (κ3) is 11.5. The summed E-state index contributed by atoms with van der Waals surface area (Å²) in [4.78, 5) is 37.2. The number of anilines is 2. The van der Waals surface area contributed by atoms with Crippen LogP contribution >= 0.6 is 11.6 Å². The summed E-state index contributed by atoms with van der Waals surface area (Å²) in [6.45, 7) is 0. The smallest absolute Gasteiger partial charge is 0.416 e. The van der Waals surface area contributed by atoms with Crippen LogP contribution in [0.25, 0.3) is 33.4 Å². The molecule has 0 saturated heterocycles. The number of carbonyl (C=O) groups excluding carboxylic acids is 3. The summed E-state index contributed by atoms with van der Waals surface area (Å²) < 4.78 is 99.3. The van der Waals surface area contributed by atoms with Crippen molar-refractivity contribution in [1.29, 1.82) is 0 Å². The Balaban J connectivity index is 0.000000281. The molecular weight excluding hydrogens is 831 g/mol. The lowest BCUT2D eigenvalue weighted by atomic mass is 9.99. The maximum Gasteiger partial charge on any atom is 0.416 e. The number of nitrogen functional groups attached to an aromatic ring is 2. The minimum absolute atomic E-state index is 0.00305. The number of hydrogen-bond acceptors (Lipinski definition) is 7. The van der Waals surface area contributed by atoms with E-state index in [0.717, 1.165) is 29.8 Å². The highest BCUT2D eigenvalue weighted by Gasteiger charge is 2.31. The van der Waals surface area contributed by atoms with Crippen molar-refractivity contribution in [2.75, 3.05) is 25.7 Å². The Hall–Kier alpha value is -6.87. The molecule has 1 amide bonds. The first kappa shape index (κ1) is 45.2. The van der Waals surface area contributed by atoms with Crippen LogP contribution in [0, 0.1) is 5.82 Å². The maximum atomic E-state index is 13.5. The zero-order valence-corrected chi connectivity index (χ0v) is 32.9. The van der Waals surface area contributed by atoms with E-state index in [9.17, 15) is 45.1 Å². The molecule has 0 unspecified atom stereocenters. The Morgan fingerprint density at radius 3 is 1.44 bits per heavy atom. The summed E-state index contributed by atoms with van der Waals surface area (Å²) in [5, 5.41) is 2.64. The number of methoxy groups -OCH3 is 2. The van der Waals surface area contributed by atoms with Crippen molar-refractivity contribution in [3.05, 3.63) is 166 Å². The third-order valence-electron chi connectivity index (χ3n) is 9.29. The highest BCUT2D eigenvalue weighted by molar-refractivity contribution is 6.31. The minimum atomic E-state index is -4.47. The number of benzene rings is 6. The second-order valence-electron chi connectivity index (χ2n) is 13.3. The van der Waals surface area contributed by atoms with Gasteiger partial charge in [-0.2, -0.15) is 26.3 Å². The number of halogens is 8. The van der Waals surface area contributed by atoms with Crippen LogP contribution in [0.2, 0.25) is 5.02 Å². The minimum Gasteiger partial charge on any atom is -0.467 e. The first-order chi connectivity index (χ1) is 28.8. The molecular formula is C45H35ClF7N3O5. The zero-order valence-electron chi connectivity index (χ0n) is 32.1. The van der Waals surface area contributed by atoms with Crippen LogP contribution in [-0.4, -0.2) is 38.1 Å². The fraction of sp³-hybridized carbons (Fsp3) is 0.133. The summed E-state index contributed by atoms with van der Waals surface area (Å²) in [5.74, 6) is -2.45. The second-order valence-corrected chi connectivity index (χ2v) is 13.7. The Labute approximate surface area is 349 Å². The first-order valence-electron chi connectivity index (χ1n) is 17.9. The van der Waals surface area contributed by atoms with Gasteiger partial charge in [0.2, 0.25) is 0 Å². The van der Waals surface area contributed by atoms with E-state index in [-0.39, 0.29) is 33.9 Å². The van der Waals surface area contributed by atoms with Crippen LogP contribution in [0.3, 0.4) is 0 Å². The number of hydrogen-bond donors (Lipinski definition) is 3. The molecule has 0 aromatic heterocycles. The summed E-state index contributed by atoms with van der Waals surface area (Å²) in [6.07, 6.45) is -8.75. The monoisotopic (exact) mass is 865 g/mol. The third-order valence-corrected chi connectivity index (χ3v) is 9.58. The van der Waals surface area contributed by atoms with Gasteiger partial charge in [-0.05, 0) is 99.6 Å². The van der Waals surface area contributed by atoms with Gasteiger partial charge < -0.3 is 26.3 Å². The largest absolute Gasteiger partial charge is 0.467 e. The summed E-state index contributed by atoms with van der Waals surface area (Å²) in [5.41, 5.74) is 15.0. The molecule has 6 rings (SSSR count). The molecule has 0 spiro atoms. The van der Waals surface area contributed by atoms with E-state index in [1.165, 1.54) is 74.9 Å². The van der Waals surface area contributed by atoms with Crippen molar-refractivity contribution >= 4 is 40.8 Å². The molecule has 0 aliphatic rings. The standard InChI is InChI=1S/C30H23ClF4N2O3.C15H12F3NO2/c1-40-29(39)27(14-17-2-4-18(5-3-17)21-8-12-25(32)24(31)16-21)37-28(38)23-15-20(9-13-26(23)36)19-6-10-22(11-7-19)30(33,34)35;1-21-14(20)12-8-10(4-7-13(12)19)9-2-5-11(6-3-9)15(16,17)18/h2-13,15-16,27H,14,36H2,1H3,(H,37,38);2-8H,19H2,1H3/t27-;/m0./s1. The van der Waals surface area contributed by atoms with Gasteiger partial charge in [0.25, 0.3) is 5.91 Å². The van der Waals surface area contributed by atoms with E-state index in [0.29, 0.717) is 33.4 Å². The number of rotatable bonds is 9. The van der Waals surface area contributed by atoms with E-state index in [2.05, 4.69) is 10.1 Å². The van der Waals surface area contributed by atoms with E-state index in [1.807, 2.05) is 0 Å². The molecule has 16 heteroatoms. The topological polar surface area (TPSA) is 134 Å². The van der Waals surface area contributed by atoms with Gasteiger partial charge in [-0.15, -0.1) is 0 Å². The molecule has 316 valence electrons. The van der Waals surface area contributed by atoms with Crippen molar-refractivity contribution in [1.82, 2.24) is 5.32 Å². The molecule has 0 aliphatic heterocycles. The van der Waals surface area contributed by atoms with Crippen LogP contribution in [-0.2, 0) is 33.0 Å². The van der Waals surface area contributed by atoms with Gasteiger partial charge in [0.1, 0.15) is 11.9 Å². The molecule has 0 saturated carbocycles. The van der Waals surface area contributed by atoms with Crippen LogP contribution in [0.1, 0.15) is 37.4 Å². The fourth-order valence-electron chi connectivity index (χ4n) is 5.97. The highest BCUT2D eigenvalue weighted by atomic mass is 35.5. The SMILES string of the molecule is COC(=O)[C@H](Cc1ccc(-c2ccc(F)c(Cl)c2)cc1)NC(=O)c1cc(-c2ccc(C(F)(F)F)cc2)ccc1N.COC(=O)c1cc(-c2ccc(C(F)(F)F)cc2)ccc1N. The number of carbonyl (C=O) groups is 3. The Bertz CT molecular complexity index is 2530. The van der Waals surface area contributed by atoms with Gasteiger partial charge in [0.15, 0.2) is 0 Å². The van der Waals surface area contributed by atoms with Crippen LogP contribution in [0.15, 0.2) is 127 Å². The van der Waals surface area contributed by atoms with Gasteiger partial charge in [-0.25, -0.2) is 14.0 Å². The summed E-state index contributed by atoms with van der Waals surface area (Å²) in [6, 6.07) is 28.7. The maximum absolute atomic E-state index is 13.5. The number of alkyl halides is 6. The number of nitrogens with one attached hydrogen (secondary N) is 1. The lowest BCUT2D eigenvalue weighted by Gasteiger charge is -2.18. The van der Waals surface area contributed by atoms with E-state index in [4.69, 9.17) is 27.8 Å². The van der Waals surface area contributed by atoms with E-state index >= 15 is 0 Å². The normalized spacial score (nSPS) is 11.8. The van der Waals surface area contributed by atoms with Crippen molar-refractivity contribution in [3.8, 4) is 33.4 Å². The first-order valence-corrected chi connectivity index (χ1v) is 18.3. The van der Waals surface area contributed by atoms with Gasteiger partial charge in [-0.3, -0.25) is 4.79 Å². The van der Waals surface area contributed by atoms with E-state index in [1.54, 1.807) is 42.5 Å². The van der Waals surface area contributed by atoms with Crippen LogP contribution < -0.4 is 16.8 Å². The van der Waals surface area contributed by atoms with Crippen LogP contribution in [0.5, 0.6) is 0 Å². The number of amides is 1. The Morgan fingerprint density at radius 2 is 1.00 bits per heavy atom. The van der Waals surface area contributed by atoms with Crippen molar-refractivity contribution in [2.24, 2.45) is 0 Å². The molecule has 6 aromatic carbocycles. The Morgan fingerprint density at radius 1 is 0.590 bits per heavy atom. The zero-order chi connectivity index (χ0) is 44.6. The van der Waals surface area contributed by atoms with Gasteiger partial charge in [0, 0.05) is 17.8 Å². The number of nitrogens with two attached hydrogens (primary N) is 2. The molecule has 61 heavy (non-hydrogen) atoms.